The van der Waals surface area contributed by atoms with Gasteiger partial charge < -0.3 is 4.74 Å². The van der Waals surface area contributed by atoms with Gasteiger partial charge in [-0.2, -0.15) is 0 Å². The average molecular weight is 334 g/mol. The number of carbonyl (C=O) groups is 3. The van der Waals surface area contributed by atoms with E-state index >= 15 is 0 Å². The molecule has 0 saturated heterocycles. The summed E-state index contributed by atoms with van der Waals surface area (Å²) < 4.78 is 5.08. The molecule has 0 amide bonds. The van der Waals surface area contributed by atoms with E-state index in [-0.39, 0.29) is 6.61 Å². The fourth-order valence-corrected chi connectivity index (χ4v) is 2.68. The number of aldehydes is 1. The minimum absolute atomic E-state index is 0.129. The molecule has 2 atom stereocenters. The van der Waals surface area contributed by atoms with Crippen molar-refractivity contribution in [2.45, 2.75) is 12.8 Å². The Balaban J connectivity index is 2.53. The van der Waals surface area contributed by atoms with Crippen molar-refractivity contribution in [1.82, 2.24) is 0 Å². The van der Waals surface area contributed by atoms with Gasteiger partial charge in [0.05, 0.1) is 12.5 Å². The molecule has 0 aliphatic heterocycles. The van der Waals surface area contributed by atoms with Gasteiger partial charge in [-0.05, 0) is 12.5 Å². The largest absolute Gasteiger partial charge is 0.465 e. The fourth-order valence-electron chi connectivity index (χ4n) is 2.68. The predicted octanol–water partition coefficient (Wildman–Crippen LogP) is 3.28. The van der Waals surface area contributed by atoms with Crippen LogP contribution in [0.5, 0.6) is 0 Å². The number of hydrogen-bond donors (Lipinski definition) is 0. The molecule has 2 aromatic carbocycles. The van der Waals surface area contributed by atoms with Gasteiger partial charge in [0.2, 0.25) is 0 Å². The van der Waals surface area contributed by atoms with Gasteiger partial charge in [-0.15, -0.1) is 6.42 Å². The van der Waals surface area contributed by atoms with Crippen LogP contribution in [0.3, 0.4) is 0 Å². The van der Waals surface area contributed by atoms with E-state index in [4.69, 9.17) is 11.2 Å². The number of rotatable bonds is 7. The molecular weight excluding hydrogens is 316 g/mol. The van der Waals surface area contributed by atoms with Crippen LogP contribution in [-0.4, -0.2) is 24.6 Å². The number of ketones is 1. The van der Waals surface area contributed by atoms with Gasteiger partial charge in [0.25, 0.3) is 0 Å². The summed E-state index contributed by atoms with van der Waals surface area (Å²) in [6.07, 6.45) is 6.31. The maximum atomic E-state index is 12.9. The first kappa shape index (κ1) is 18.2. The lowest BCUT2D eigenvalue weighted by atomic mass is 9.80. The lowest BCUT2D eigenvalue weighted by molar-refractivity contribution is -0.146. The van der Waals surface area contributed by atoms with Crippen LogP contribution in [0.1, 0.15) is 39.1 Å². The Hall–Kier alpha value is -3.19. The summed E-state index contributed by atoms with van der Waals surface area (Å²) in [5.74, 6) is -0.730. The quantitative estimate of drug-likeness (QED) is 0.256. The first-order valence-electron chi connectivity index (χ1n) is 7.90. The topological polar surface area (TPSA) is 60.4 Å². The molecule has 25 heavy (non-hydrogen) atoms. The molecule has 4 heteroatoms. The number of carbonyl (C=O) groups excluding carboxylic acids is 3. The van der Waals surface area contributed by atoms with Gasteiger partial charge in [0.1, 0.15) is 12.2 Å². The summed E-state index contributed by atoms with van der Waals surface area (Å²) in [6, 6.07) is 15.1. The van der Waals surface area contributed by atoms with Crippen molar-refractivity contribution >= 4 is 18.0 Å². The average Bonchev–Trinajstić information content (AvgIpc) is 2.66. The fraction of sp³-hybridized carbons (Fsp3) is 0.190. The highest BCUT2D eigenvalue weighted by Gasteiger charge is 2.37. The Bertz CT molecular complexity index is 802. The molecule has 0 saturated carbocycles. The SMILES string of the molecule is C#CC(c1ccccc1C=O)C(C(=O)OCC)C(=O)c1ccccc1. The van der Waals surface area contributed by atoms with Crippen molar-refractivity contribution in [3.05, 3.63) is 71.3 Å². The van der Waals surface area contributed by atoms with Gasteiger partial charge in [0.15, 0.2) is 5.78 Å². The number of benzene rings is 2. The zero-order valence-electron chi connectivity index (χ0n) is 13.8. The smallest absolute Gasteiger partial charge is 0.318 e. The summed E-state index contributed by atoms with van der Waals surface area (Å²) in [4.78, 5) is 36.8. The highest BCUT2D eigenvalue weighted by molar-refractivity contribution is 6.10. The number of Topliss-reactive ketones (excluding diaryl/α,β-unsaturated/α-hetero) is 1. The van der Waals surface area contributed by atoms with Crippen LogP contribution in [-0.2, 0) is 9.53 Å². The van der Waals surface area contributed by atoms with Crippen molar-refractivity contribution in [3.63, 3.8) is 0 Å². The van der Waals surface area contributed by atoms with Crippen molar-refractivity contribution in [2.24, 2.45) is 5.92 Å². The molecule has 0 aliphatic rings. The zero-order valence-corrected chi connectivity index (χ0v) is 13.8. The molecule has 0 aliphatic carbocycles. The van der Waals surface area contributed by atoms with Gasteiger partial charge in [0, 0.05) is 11.1 Å². The van der Waals surface area contributed by atoms with E-state index in [1.807, 2.05) is 0 Å². The maximum Gasteiger partial charge on any atom is 0.318 e. The molecule has 2 aromatic rings. The molecule has 0 heterocycles. The minimum atomic E-state index is -1.21. The summed E-state index contributed by atoms with van der Waals surface area (Å²) in [5.41, 5.74) is 1.17. The third kappa shape index (κ3) is 4.02. The Labute approximate surface area is 146 Å². The van der Waals surface area contributed by atoms with Crippen LogP contribution in [0.4, 0.5) is 0 Å². The molecular formula is C21H18O4. The van der Waals surface area contributed by atoms with Gasteiger partial charge >= 0.3 is 5.97 Å². The molecule has 0 bridgehead atoms. The highest BCUT2D eigenvalue weighted by atomic mass is 16.5. The normalized spacial score (nSPS) is 12.5. The van der Waals surface area contributed by atoms with Crippen molar-refractivity contribution in [3.8, 4) is 12.3 Å². The summed E-state index contributed by atoms with van der Waals surface area (Å²) >= 11 is 0. The third-order valence-electron chi connectivity index (χ3n) is 3.85. The van der Waals surface area contributed by atoms with Gasteiger partial charge in [-0.3, -0.25) is 14.4 Å². The maximum absolute atomic E-state index is 12.9. The third-order valence-corrected chi connectivity index (χ3v) is 3.85. The Morgan fingerprint density at radius 1 is 1.12 bits per heavy atom. The van der Waals surface area contributed by atoms with E-state index in [0.29, 0.717) is 23.0 Å². The Morgan fingerprint density at radius 3 is 2.36 bits per heavy atom. The molecule has 4 nitrogen and oxygen atoms in total. The number of esters is 1. The van der Waals surface area contributed by atoms with Crippen LogP contribution in [0, 0.1) is 18.3 Å². The molecule has 0 N–H and O–H groups in total. The van der Waals surface area contributed by atoms with E-state index in [0.717, 1.165) is 0 Å². The van der Waals surface area contributed by atoms with Crippen molar-refractivity contribution in [2.75, 3.05) is 6.61 Å². The summed E-state index contributed by atoms with van der Waals surface area (Å²) in [5, 5.41) is 0. The lowest BCUT2D eigenvalue weighted by Crippen LogP contribution is -2.32. The van der Waals surface area contributed by atoms with E-state index in [1.54, 1.807) is 61.5 Å². The standard InChI is InChI=1S/C21H18O4/c1-3-17(18-13-9-8-12-16(18)14-22)19(21(24)25-4-2)20(23)15-10-6-5-7-11-15/h1,5-14,17,19H,4H2,2H3. The van der Waals surface area contributed by atoms with Crippen LogP contribution >= 0.6 is 0 Å². The predicted molar refractivity (Wildman–Crippen MR) is 94.3 cm³/mol. The second-order valence-electron chi connectivity index (χ2n) is 5.35. The highest BCUT2D eigenvalue weighted by Crippen LogP contribution is 2.30. The van der Waals surface area contributed by atoms with E-state index in [2.05, 4.69) is 5.92 Å². The first-order valence-corrected chi connectivity index (χ1v) is 7.90. The molecule has 0 aromatic heterocycles. The molecule has 0 radical (unpaired) electrons. The van der Waals surface area contributed by atoms with Gasteiger partial charge in [-0.25, -0.2) is 0 Å². The number of ether oxygens (including phenoxy) is 1. The second-order valence-corrected chi connectivity index (χ2v) is 5.35. The van der Waals surface area contributed by atoms with E-state index in [9.17, 15) is 14.4 Å². The molecule has 2 rings (SSSR count). The number of terminal acetylenes is 1. The molecule has 0 spiro atoms. The van der Waals surface area contributed by atoms with Crippen LogP contribution in [0.15, 0.2) is 54.6 Å². The minimum Gasteiger partial charge on any atom is -0.465 e. The summed E-state index contributed by atoms with van der Waals surface area (Å²) in [7, 11) is 0. The van der Waals surface area contributed by atoms with Crippen molar-refractivity contribution in [1.29, 1.82) is 0 Å². The Kier molecular flexibility index (Phi) is 6.25. The van der Waals surface area contributed by atoms with E-state index in [1.165, 1.54) is 0 Å². The van der Waals surface area contributed by atoms with E-state index < -0.39 is 23.6 Å². The molecule has 126 valence electrons. The molecule has 2 unspecified atom stereocenters. The number of hydrogen-bond acceptors (Lipinski definition) is 4. The molecule has 0 fully saturated rings. The van der Waals surface area contributed by atoms with Crippen LogP contribution in [0.25, 0.3) is 0 Å². The zero-order chi connectivity index (χ0) is 18.2. The Morgan fingerprint density at radius 2 is 1.76 bits per heavy atom. The monoisotopic (exact) mass is 334 g/mol. The summed E-state index contributed by atoms with van der Waals surface area (Å²) in [6.45, 7) is 1.79. The lowest BCUT2D eigenvalue weighted by Gasteiger charge is -2.22. The van der Waals surface area contributed by atoms with Gasteiger partial charge in [-0.1, -0.05) is 60.5 Å². The van der Waals surface area contributed by atoms with Crippen LogP contribution < -0.4 is 0 Å². The van der Waals surface area contributed by atoms with Crippen molar-refractivity contribution < 1.29 is 19.1 Å². The second kappa shape index (κ2) is 8.60. The van der Waals surface area contributed by atoms with Crippen LogP contribution in [0.2, 0.25) is 0 Å². The first-order chi connectivity index (χ1) is 12.1.